The number of hydrogen-bond acceptors (Lipinski definition) is 1. The molecule has 1 atom stereocenters. The van der Waals surface area contributed by atoms with Crippen LogP contribution in [-0.2, 0) is 12.8 Å². The van der Waals surface area contributed by atoms with E-state index in [1.807, 2.05) is 12.1 Å². The summed E-state index contributed by atoms with van der Waals surface area (Å²) in [5.74, 6) is 1.73. The zero-order chi connectivity index (χ0) is 16.0. The van der Waals surface area contributed by atoms with Gasteiger partial charge in [0.05, 0.1) is 5.69 Å². The Hall–Kier alpha value is -1.96. The zero-order valence-corrected chi connectivity index (χ0v) is 14.3. The maximum absolute atomic E-state index is 6.02. The van der Waals surface area contributed by atoms with Crippen LogP contribution in [0.2, 0.25) is 0 Å². The number of para-hydroxylation sites is 1. The van der Waals surface area contributed by atoms with Crippen molar-refractivity contribution < 1.29 is 4.42 Å². The maximum Gasteiger partial charge on any atom is 0.151 e. The van der Waals surface area contributed by atoms with E-state index in [-0.39, 0.29) is 0 Å². The van der Waals surface area contributed by atoms with Gasteiger partial charge >= 0.3 is 0 Å². The molecule has 3 aromatic rings. The largest absolute Gasteiger partial charge is 0.455 e. The van der Waals surface area contributed by atoms with Gasteiger partial charge in [-0.25, -0.2) is 0 Å². The predicted octanol–water partition coefficient (Wildman–Crippen LogP) is 5.97. The second-order valence-electron chi connectivity index (χ2n) is 7.62. The van der Waals surface area contributed by atoms with Gasteiger partial charge in [0, 0.05) is 11.1 Å². The quantitative estimate of drug-likeness (QED) is 0.634. The molecular formula is C21H25NO. The number of rotatable bonds is 3. The Labute approximate surface area is 137 Å². The van der Waals surface area contributed by atoms with Gasteiger partial charge in [0.15, 0.2) is 5.76 Å². The summed E-state index contributed by atoms with van der Waals surface area (Å²) in [6.45, 7) is 7.14. The lowest BCUT2D eigenvalue weighted by molar-refractivity contribution is 0.182. The minimum Gasteiger partial charge on any atom is -0.455 e. The molecule has 0 saturated heterocycles. The summed E-state index contributed by atoms with van der Waals surface area (Å²) in [5.41, 5.74) is 5.40. The van der Waals surface area contributed by atoms with Crippen molar-refractivity contribution in [2.24, 2.45) is 11.3 Å². The van der Waals surface area contributed by atoms with Gasteiger partial charge in [0.2, 0.25) is 0 Å². The van der Waals surface area contributed by atoms with E-state index in [0.717, 1.165) is 29.4 Å². The van der Waals surface area contributed by atoms with Crippen LogP contribution in [0.15, 0.2) is 40.8 Å². The third-order valence-electron chi connectivity index (χ3n) is 5.91. The zero-order valence-electron chi connectivity index (χ0n) is 14.3. The Morgan fingerprint density at radius 1 is 1.22 bits per heavy atom. The van der Waals surface area contributed by atoms with E-state index in [2.05, 4.69) is 50.0 Å². The average molecular weight is 307 g/mol. The highest BCUT2D eigenvalue weighted by Gasteiger charge is 2.32. The number of aromatic nitrogens is 1. The fraction of sp³-hybridized carbons (Fsp3) is 0.429. The number of aromatic amines is 1. The van der Waals surface area contributed by atoms with Gasteiger partial charge in [0.25, 0.3) is 0 Å². The summed E-state index contributed by atoms with van der Waals surface area (Å²) in [6.07, 6.45) is 4.87. The van der Waals surface area contributed by atoms with Crippen molar-refractivity contribution in [1.29, 1.82) is 0 Å². The lowest BCUT2D eigenvalue weighted by Gasteiger charge is -2.36. The van der Waals surface area contributed by atoms with Gasteiger partial charge in [0.1, 0.15) is 5.58 Å². The van der Waals surface area contributed by atoms with E-state index < -0.39 is 0 Å². The Bertz CT molecular complexity index is 804. The molecule has 0 saturated carbocycles. The highest BCUT2D eigenvalue weighted by atomic mass is 16.3. The molecule has 2 nitrogen and oxygen atoms in total. The lowest BCUT2D eigenvalue weighted by atomic mass is 9.69. The molecule has 4 rings (SSSR count). The van der Waals surface area contributed by atoms with Crippen LogP contribution in [0.5, 0.6) is 0 Å². The summed E-state index contributed by atoms with van der Waals surface area (Å²) in [7, 11) is 0. The van der Waals surface area contributed by atoms with E-state index in [0.29, 0.717) is 5.41 Å². The maximum atomic E-state index is 6.02. The second-order valence-corrected chi connectivity index (χ2v) is 7.62. The van der Waals surface area contributed by atoms with E-state index in [9.17, 15) is 0 Å². The third-order valence-corrected chi connectivity index (χ3v) is 5.91. The SMILES string of the molecule is CCC(C)(C)C1CCc2[nH]c(-c3cc4ccccc4o3)cc2C1. The first-order chi connectivity index (χ1) is 11.1. The molecule has 0 fully saturated rings. The smallest absolute Gasteiger partial charge is 0.151 e. The van der Waals surface area contributed by atoms with Crippen LogP contribution in [0.25, 0.3) is 22.4 Å². The Morgan fingerprint density at radius 3 is 2.83 bits per heavy atom. The van der Waals surface area contributed by atoms with Crippen LogP contribution in [0.3, 0.4) is 0 Å². The summed E-state index contributed by atoms with van der Waals surface area (Å²) in [4.78, 5) is 3.61. The topological polar surface area (TPSA) is 28.9 Å². The van der Waals surface area contributed by atoms with Gasteiger partial charge in [-0.15, -0.1) is 0 Å². The fourth-order valence-electron chi connectivity index (χ4n) is 3.83. The van der Waals surface area contributed by atoms with Crippen LogP contribution in [0, 0.1) is 11.3 Å². The van der Waals surface area contributed by atoms with E-state index >= 15 is 0 Å². The van der Waals surface area contributed by atoms with Gasteiger partial charge in [-0.1, -0.05) is 45.4 Å². The van der Waals surface area contributed by atoms with Crippen molar-refractivity contribution in [3.63, 3.8) is 0 Å². The molecule has 1 aromatic carbocycles. The summed E-state index contributed by atoms with van der Waals surface area (Å²) in [6, 6.07) is 12.7. The summed E-state index contributed by atoms with van der Waals surface area (Å²) < 4.78 is 6.02. The molecular weight excluding hydrogens is 282 g/mol. The van der Waals surface area contributed by atoms with E-state index in [1.165, 1.54) is 35.9 Å². The molecule has 0 spiro atoms. The molecule has 2 aromatic heterocycles. The highest BCUT2D eigenvalue weighted by molar-refractivity contribution is 5.82. The Morgan fingerprint density at radius 2 is 2.04 bits per heavy atom. The summed E-state index contributed by atoms with van der Waals surface area (Å²) >= 11 is 0. The average Bonchev–Trinajstić information content (AvgIpc) is 3.17. The monoisotopic (exact) mass is 307 g/mol. The van der Waals surface area contributed by atoms with Crippen molar-refractivity contribution in [2.75, 3.05) is 0 Å². The standard InChI is InChI=1S/C21H25NO/c1-4-21(2,3)16-9-10-17-15(11-16)12-18(22-17)20-13-14-7-5-6-8-19(14)23-20/h5-8,12-13,16,22H,4,9-11H2,1-3H3. The Balaban J connectivity index is 1.66. The molecule has 0 bridgehead atoms. The number of H-pyrrole nitrogens is 1. The molecule has 1 unspecified atom stereocenters. The normalized spacial score (nSPS) is 18.3. The van der Waals surface area contributed by atoms with E-state index in [1.54, 1.807) is 0 Å². The van der Waals surface area contributed by atoms with E-state index in [4.69, 9.17) is 4.42 Å². The number of hydrogen-bond donors (Lipinski definition) is 1. The molecule has 1 N–H and O–H groups in total. The Kier molecular flexibility index (Phi) is 3.37. The van der Waals surface area contributed by atoms with Crippen molar-refractivity contribution in [1.82, 2.24) is 4.98 Å². The molecule has 0 aliphatic heterocycles. The number of fused-ring (bicyclic) bond motifs is 2. The molecule has 0 amide bonds. The number of benzene rings is 1. The molecule has 2 heterocycles. The van der Waals surface area contributed by atoms with Gasteiger partial charge in [-0.2, -0.15) is 0 Å². The first kappa shape index (κ1) is 14.6. The lowest BCUT2D eigenvalue weighted by Crippen LogP contribution is -2.28. The molecule has 23 heavy (non-hydrogen) atoms. The second kappa shape index (κ2) is 5.30. The fourth-order valence-corrected chi connectivity index (χ4v) is 3.83. The molecule has 2 heteroatoms. The molecule has 1 aliphatic carbocycles. The number of furan rings is 1. The van der Waals surface area contributed by atoms with Gasteiger partial charge in [-0.05, 0) is 54.4 Å². The third kappa shape index (κ3) is 2.50. The van der Waals surface area contributed by atoms with Crippen LogP contribution in [0.4, 0.5) is 0 Å². The van der Waals surface area contributed by atoms with Gasteiger partial charge in [-0.3, -0.25) is 0 Å². The first-order valence-corrected chi connectivity index (χ1v) is 8.76. The van der Waals surface area contributed by atoms with Crippen LogP contribution in [-0.4, -0.2) is 4.98 Å². The van der Waals surface area contributed by atoms with Crippen LogP contribution < -0.4 is 0 Å². The van der Waals surface area contributed by atoms with Crippen molar-refractivity contribution in [3.8, 4) is 11.5 Å². The van der Waals surface area contributed by atoms with Gasteiger partial charge < -0.3 is 9.40 Å². The first-order valence-electron chi connectivity index (χ1n) is 8.76. The highest BCUT2D eigenvalue weighted by Crippen LogP contribution is 2.41. The van der Waals surface area contributed by atoms with Crippen molar-refractivity contribution in [2.45, 2.75) is 46.5 Å². The molecule has 1 aliphatic rings. The number of nitrogens with one attached hydrogen (secondary N) is 1. The summed E-state index contributed by atoms with van der Waals surface area (Å²) in [5, 5.41) is 1.17. The minimum atomic E-state index is 0.425. The number of aryl methyl sites for hydroxylation is 1. The van der Waals surface area contributed by atoms with Crippen LogP contribution in [0.1, 0.15) is 44.9 Å². The van der Waals surface area contributed by atoms with Crippen molar-refractivity contribution in [3.05, 3.63) is 47.7 Å². The molecule has 120 valence electrons. The molecule has 0 radical (unpaired) electrons. The van der Waals surface area contributed by atoms with Crippen molar-refractivity contribution >= 4 is 11.0 Å². The van der Waals surface area contributed by atoms with Crippen LogP contribution >= 0.6 is 0 Å². The predicted molar refractivity (Wildman–Crippen MR) is 95.6 cm³/mol. The minimum absolute atomic E-state index is 0.425.